The number of piperidine rings is 1. The van der Waals surface area contributed by atoms with Gasteiger partial charge >= 0.3 is 0 Å². The molecular formula is C14H20N4O3S. The number of hydrogen-bond donors (Lipinski definition) is 1. The summed E-state index contributed by atoms with van der Waals surface area (Å²) in [5.74, 6) is 1.42. The molecule has 0 atom stereocenters. The van der Waals surface area contributed by atoms with E-state index in [1.807, 2.05) is 6.92 Å². The van der Waals surface area contributed by atoms with E-state index in [0.717, 1.165) is 12.8 Å². The maximum atomic E-state index is 12.6. The van der Waals surface area contributed by atoms with E-state index in [9.17, 15) is 8.42 Å². The second-order valence-electron chi connectivity index (χ2n) is 5.69. The van der Waals surface area contributed by atoms with Crippen molar-refractivity contribution >= 4 is 10.0 Å². The smallest absolute Gasteiger partial charge is 0.264 e. The highest BCUT2D eigenvalue weighted by Gasteiger charge is 2.29. The summed E-state index contributed by atoms with van der Waals surface area (Å²) < 4.78 is 32.3. The van der Waals surface area contributed by atoms with E-state index >= 15 is 0 Å². The van der Waals surface area contributed by atoms with Crippen molar-refractivity contribution in [2.45, 2.75) is 38.0 Å². The van der Waals surface area contributed by atoms with Crippen LogP contribution in [0.5, 0.6) is 0 Å². The van der Waals surface area contributed by atoms with Crippen molar-refractivity contribution in [3.63, 3.8) is 0 Å². The number of aromatic nitrogens is 3. The maximum absolute atomic E-state index is 12.6. The van der Waals surface area contributed by atoms with Gasteiger partial charge in [0.15, 0.2) is 0 Å². The van der Waals surface area contributed by atoms with Crippen LogP contribution in [0.15, 0.2) is 21.6 Å². The van der Waals surface area contributed by atoms with Gasteiger partial charge in [0, 0.05) is 25.7 Å². The van der Waals surface area contributed by atoms with E-state index in [2.05, 4.69) is 22.1 Å². The Hall–Kier alpha value is -1.67. The maximum Gasteiger partial charge on any atom is 0.264 e. The minimum absolute atomic E-state index is 0.244. The van der Waals surface area contributed by atoms with Gasteiger partial charge in [0.2, 0.25) is 15.9 Å². The largest absolute Gasteiger partial charge is 0.419 e. The molecule has 0 unspecified atom stereocenters. The van der Waals surface area contributed by atoms with Crippen LogP contribution in [-0.2, 0) is 16.4 Å². The van der Waals surface area contributed by atoms with Gasteiger partial charge in [-0.25, -0.2) is 8.42 Å². The van der Waals surface area contributed by atoms with Crippen molar-refractivity contribution in [2.24, 2.45) is 5.92 Å². The average Bonchev–Trinajstić information content (AvgIpc) is 3.16. The predicted octanol–water partition coefficient (Wildman–Crippen LogP) is 2.05. The molecule has 0 aromatic carbocycles. The molecule has 1 saturated heterocycles. The lowest BCUT2D eigenvalue weighted by atomic mass is 10.0. The van der Waals surface area contributed by atoms with Gasteiger partial charge in [-0.05, 0) is 24.8 Å². The van der Waals surface area contributed by atoms with Gasteiger partial charge in [-0.3, -0.25) is 0 Å². The van der Waals surface area contributed by atoms with Crippen LogP contribution in [0.4, 0.5) is 0 Å². The number of aromatic amines is 1. The quantitative estimate of drug-likeness (QED) is 0.929. The molecule has 7 nitrogen and oxygen atoms in total. The van der Waals surface area contributed by atoms with Crippen LogP contribution in [0.3, 0.4) is 0 Å². The molecule has 8 heteroatoms. The fourth-order valence-corrected chi connectivity index (χ4v) is 3.99. The Morgan fingerprint density at radius 2 is 2.09 bits per heavy atom. The molecule has 22 heavy (non-hydrogen) atoms. The minimum Gasteiger partial charge on any atom is -0.419 e. The predicted molar refractivity (Wildman–Crippen MR) is 80.6 cm³/mol. The topological polar surface area (TPSA) is 92.1 Å². The highest BCUT2D eigenvalue weighted by molar-refractivity contribution is 7.89. The van der Waals surface area contributed by atoms with Gasteiger partial charge < -0.3 is 9.40 Å². The molecule has 1 N–H and O–H groups in total. The van der Waals surface area contributed by atoms with E-state index in [-0.39, 0.29) is 4.90 Å². The first kappa shape index (κ1) is 15.2. The third-order valence-corrected chi connectivity index (χ3v) is 5.91. The summed E-state index contributed by atoms with van der Waals surface area (Å²) in [6, 6.07) is 1.56. The van der Waals surface area contributed by atoms with Crippen LogP contribution in [-0.4, -0.2) is 41.0 Å². The zero-order valence-corrected chi connectivity index (χ0v) is 13.6. The molecule has 120 valence electrons. The molecule has 0 aliphatic carbocycles. The fraction of sp³-hybridized carbons (Fsp3) is 0.571. The van der Waals surface area contributed by atoms with Gasteiger partial charge in [-0.2, -0.15) is 4.31 Å². The summed E-state index contributed by atoms with van der Waals surface area (Å²) in [6.45, 7) is 5.22. The number of nitrogens with zero attached hydrogens (tertiary/aromatic N) is 3. The lowest BCUT2D eigenvalue weighted by Crippen LogP contribution is -2.37. The molecule has 2 aromatic heterocycles. The molecule has 3 heterocycles. The Labute approximate surface area is 129 Å². The minimum atomic E-state index is -3.46. The Morgan fingerprint density at radius 3 is 2.73 bits per heavy atom. The van der Waals surface area contributed by atoms with Crippen LogP contribution in [0.1, 0.15) is 32.6 Å². The summed E-state index contributed by atoms with van der Waals surface area (Å²) in [5.41, 5.74) is 0.524. The lowest BCUT2D eigenvalue weighted by Gasteiger charge is -2.28. The van der Waals surface area contributed by atoms with E-state index in [1.54, 1.807) is 10.4 Å². The molecule has 0 saturated carbocycles. The third-order valence-electron chi connectivity index (χ3n) is 4.04. The van der Waals surface area contributed by atoms with Gasteiger partial charge in [0.05, 0.1) is 0 Å². The van der Waals surface area contributed by atoms with Crippen LogP contribution in [0.2, 0.25) is 0 Å². The Bertz CT molecular complexity index is 742. The number of hydrogen-bond acceptors (Lipinski definition) is 5. The van der Waals surface area contributed by atoms with Crippen molar-refractivity contribution in [1.29, 1.82) is 0 Å². The van der Waals surface area contributed by atoms with Crippen LogP contribution >= 0.6 is 0 Å². The molecule has 0 radical (unpaired) electrons. The van der Waals surface area contributed by atoms with Crippen molar-refractivity contribution in [3.05, 3.63) is 18.2 Å². The van der Waals surface area contributed by atoms with Crippen LogP contribution in [0, 0.1) is 5.92 Å². The second-order valence-corrected chi connectivity index (χ2v) is 7.63. The van der Waals surface area contributed by atoms with Gasteiger partial charge in [-0.15, -0.1) is 10.2 Å². The first-order chi connectivity index (χ1) is 10.5. The highest BCUT2D eigenvalue weighted by Crippen LogP contribution is 2.26. The summed E-state index contributed by atoms with van der Waals surface area (Å²) in [4.78, 5) is 3.16. The van der Waals surface area contributed by atoms with Crippen molar-refractivity contribution < 1.29 is 12.8 Å². The molecule has 0 spiro atoms. The van der Waals surface area contributed by atoms with Crippen molar-refractivity contribution in [2.75, 3.05) is 13.1 Å². The van der Waals surface area contributed by atoms with Crippen LogP contribution < -0.4 is 0 Å². The number of nitrogens with one attached hydrogen (secondary N) is 1. The summed E-state index contributed by atoms with van der Waals surface area (Å²) >= 11 is 0. The third kappa shape index (κ3) is 2.80. The molecule has 2 aromatic rings. The summed E-state index contributed by atoms with van der Waals surface area (Å²) in [5, 5.41) is 7.80. The second kappa shape index (κ2) is 5.85. The number of aryl methyl sites for hydroxylation is 1. The zero-order chi connectivity index (χ0) is 15.7. The normalized spacial score (nSPS) is 17.9. The first-order valence-corrected chi connectivity index (χ1v) is 8.96. The first-order valence-electron chi connectivity index (χ1n) is 7.52. The summed E-state index contributed by atoms with van der Waals surface area (Å²) in [7, 11) is -3.46. The van der Waals surface area contributed by atoms with Gasteiger partial charge in [0.1, 0.15) is 10.6 Å². The van der Waals surface area contributed by atoms with E-state index < -0.39 is 10.0 Å². The molecule has 3 rings (SSSR count). The van der Waals surface area contributed by atoms with Crippen molar-refractivity contribution in [1.82, 2.24) is 19.5 Å². The SMILES string of the molecule is CCc1nnc(-c2cc(S(=O)(=O)N3CCC(C)CC3)c[nH]2)o1. The lowest BCUT2D eigenvalue weighted by molar-refractivity contribution is 0.288. The zero-order valence-electron chi connectivity index (χ0n) is 12.7. The monoisotopic (exact) mass is 324 g/mol. The molecule has 1 fully saturated rings. The number of rotatable bonds is 4. The highest BCUT2D eigenvalue weighted by atomic mass is 32.2. The Balaban J connectivity index is 1.83. The fourth-order valence-electron chi connectivity index (χ4n) is 2.53. The Kier molecular flexibility index (Phi) is 4.05. The van der Waals surface area contributed by atoms with E-state index in [1.165, 1.54) is 6.20 Å². The van der Waals surface area contributed by atoms with E-state index in [4.69, 9.17) is 4.42 Å². The number of sulfonamides is 1. The molecule has 0 amide bonds. The van der Waals surface area contributed by atoms with Gasteiger partial charge in [-0.1, -0.05) is 13.8 Å². The van der Waals surface area contributed by atoms with Crippen molar-refractivity contribution in [3.8, 4) is 11.6 Å². The molecule has 0 bridgehead atoms. The Morgan fingerprint density at radius 1 is 1.36 bits per heavy atom. The summed E-state index contributed by atoms with van der Waals surface area (Å²) in [6.07, 6.45) is 3.93. The molecular weight excluding hydrogens is 304 g/mol. The van der Waals surface area contributed by atoms with Gasteiger partial charge in [0.25, 0.3) is 5.89 Å². The molecule has 1 aliphatic rings. The van der Waals surface area contributed by atoms with E-state index in [0.29, 0.717) is 42.9 Å². The number of H-pyrrole nitrogens is 1. The molecule has 1 aliphatic heterocycles. The van der Waals surface area contributed by atoms with Crippen LogP contribution in [0.25, 0.3) is 11.6 Å². The average molecular weight is 324 g/mol. The standard InChI is InChI=1S/C14H20N4O3S/c1-3-13-16-17-14(21-13)12-8-11(9-15-12)22(19,20)18-6-4-10(2)5-7-18/h8-10,15H,3-7H2,1-2H3.